The van der Waals surface area contributed by atoms with E-state index in [-0.39, 0.29) is 0 Å². The summed E-state index contributed by atoms with van der Waals surface area (Å²) in [7, 11) is 2.09. The first-order chi connectivity index (χ1) is 18.7. The summed E-state index contributed by atoms with van der Waals surface area (Å²) >= 11 is 0. The van der Waals surface area contributed by atoms with Crippen LogP contribution in [0.5, 0.6) is 0 Å². The third-order valence-electron chi connectivity index (χ3n) is 8.01. The first-order valence-corrected chi connectivity index (χ1v) is 13.0. The van der Waals surface area contributed by atoms with Crippen molar-refractivity contribution in [2.24, 2.45) is 7.05 Å². The average Bonchev–Trinajstić information content (AvgIpc) is 3.47. The smallest absolute Gasteiger partial charge is 0.256 e. The van der Waals surface area contributed by atoms with E-state index in [9.17, 15) is 0 Å². The van der Waals surface area contributed by atoms with Crippen LogP contribution in [-0.2, 0) is 7.05 Å². The highest BCUT2D eigenvalue weighted by Gasteiger charge is 2.23. The maximum atomic E-state index is 6.41. The molecule has 0 amide bonds. The van der Waals surface area contributed by atoms with Gasteiger partial charge in [-0.15, -0.1) is 0 Å². The van der Waals surface area contributed by atoms with Gasteiger partial charge in [-0.1, -0.05) is 66.7 Å². The van der Waals surface area contributed by atoms with Gasteiger partial charge in [0.25, 0.3) is 5.69 Å². The van der Waals surface area contributed by atoms with Crippen molar-refractivity contribution >= 4 is 54.3 Å². The topological polar surface area (TPSA) is 21.9 Å². The van der Waals surface area contributed by atoms with Crippen LogP contribution in [0.2, 0.25) is 0 Å². The molecule has 0 aliphatic rings. The molecule has 0 aliphatic carbocycles. The van der Waals surface area contributed by atoms with E-state index in [0.717, 1.165) is 22.4 Å². The molecule has 5 aromatic carbocycles. The van der Waals surface area contributed by atoms with Crippen LogP contribution < -0.4 is 4.57 Å². The fourth-order valence-corrected chi connectivity index (χ4v) is 6.20. The Morgan fingerprint density at radius 1 is 0.605 bits per heavy atom. The van der Waals surface area contributed by atoms with E-state index in [1.54, 1.807) is 0 Å². The molecule has 38 heavy (non-hydrogen) atoms. The van der Waals surface area contributed by atoms with Gasteiger partial charge in [-0.05, 0) is 54.1 Å². The third kappa shape index (κ3) is 2.87. The van der Waals surface area contributed by atoms with Gasteiger partial charge >= 0.3 is 0 Å². The van der Waals surface area contributed by atoms with Crippen molar-refractivity contribution in [3.05, 3.63) is 121 Å². The Balaban J connectivity index is 1.38. The van der Waals surface area contributed by atoms with E-state index in [0.29, 0.717) is 0 Å². The van der Waals surface area contributed by atoms with Crippen LogP contribution in [0.25, 0.3) is 71.5 Å². The van der Waals surface area contributed by atoms with E-state index in [2.05, 4.69) is 126 Å². The summed E-state index contributed by atoms with van der Waals surface area (Å²) in [5.41, 5.74) is 6.82. The second-order valence-electron chi connectivity index (χ2n) is 10.1. The van der Waals surface area contributed by atoms with E-state index in [4.69, 9.17) is 4.42 Å². The number of furan rings is 1. The van der Waals surface area contributed by atoms with E-state index < -0.39 is 0 Å². The van der Waals surface area contributed by atoms with Gasteiger partial charge in [0.1, 0.15) is 12.6 Å². The molecule has 0 unspecified atom stereocenters. The minimum absolute atomic E-state index is 0.925. The molecular formula is C35H25N2O+. The minimum atomic E-state index is 0.925. The second kappa shape index (κ2) is 7.80. The van der Waals surface area contributed by atoms with Gasteiger partial charge in [0.2, 0.25) is 5.76 Å². The van der Waals surface area contributed by atoms with Gasteiger partial charge in [-0.3, -0.25) is 0 Å². The molecule has 3 heterocycles. The molecule has 0 saturated heterocycles. The van der Waals surface area contributed by atoms with Crippen LogP contribution in [0, 0.1) is 6.92 Å². The fraction of sp³-hybridized carbons (Fsp3) is 0.0571. The predicted octanol–water partition coefficient (Wildman–Crippen LogP) is 8.64. The second-order valence-corrected chi connectivity index (χ2v) is 10.1. The zero-order valence-electron chi connectivity index (χ0n) is 21.3. The fourth-order valence-electron chi connectivity index (χ4n) is 6.20. The largest absolute Gasteiger partial charge is 0.449 e. The maximum Gasteiger partial charge on any atom is 0.256 e. The maximum absolute atomic E-state index is 6.41. The number of nitrogens with zero attached hydrogens (tertiary/aromatic N) is 2. The van der Waals surface area contributed by atoms with Crippen molar-refractivity contribution in [3.8, 4) is 17.1 Å². The molecule has 0 aliphatic heterocycles. The van der Waals surface area contributed by atoms with Gasteiger partial charge in [0, 0.05) is 38.9 Å². The molecule has 0 spiro atoms. The lowest BCUT2D eigenvalue weighted by Crippen LogP contribution is -2.30. The van der Waals surface area contributed by atoms with Gasteiger partial charge in [0.15, 0.2) is 6.20 Å². The lowest BCUT2D eigenvalue weighted by atomic mass is 9.99. The molecule has 0 fully saturated rings. The summed E-state index contributed by atoms with van der Waals surface area (Å²) in [6.45, 7) is 2.15. The summed E-state index contributed by atoms with van der Waals surface area (Å²) in [6, 6.07) is 39.1. The zero-order valence-corrected chi connectivity index (χ0v) is 21.3. The number of rotatable bonds is 2. The molecular weight excluding hydrogens is 464 g/mol. The molecule has 0 N–H and O–H groups in total. The summed E-state index contributed by atoms with van der Waals surface area (Å²) in [6.07, 6.45) is 2.14. The van der Waals surface area contributed by atoms with Crippen molar-refractivity contribution in [1.82, 2.24) is 4.57 Å². The quantitative estimate of drug-likeness (QED) is 0.176. The van der Waals surface area contributed by atoms with Gasteiger partial charge in [-0.25, -0.2) is 0 Å². The van der Waals surface area contributed by atoms with Gasteiger partial charge in [0.05, 0.1) is 16.4 Å². The van der Waals surface area contributed by atoms with E-state index in [1.807, 2.05) is 12.1 Å². The Hall–Kier alpha value is -4.89. The molecule has 3 nitrogen and oxygen atoms in total. The van der Waals surface area contributed by atoms with Crippen LogP contribution in [0.4, 0.5) is 0 Å². The zero-order chi connectivity index (χ0) is 25.4. The third-order valence-corrected chi connectivity index (χ3v) is 8.01. The Labute approximate surface area is 219 Å². The molecule has 8 rings (SSSR count). The summed E-state index contributed by atoms with van der Waals surface area (Å²) < 4.78 is 11.0. The first kappa shape index (κ1) is 21.2. The standard InChI is InChI=1S/C35H25N2O/c1-22-25-9-5-8-14-33(25)38-35(22)34-30-17-15-23-21-24(16-18-26(23)27(30)19-20-36(34)2)37-31-12-6-3-10-28(31)29-11-4-7-13-32(29)37/h3-21H,1-2H3/q+1. The van der Waals surface area contributed by atoms with Crippen molar-refractivity contribution in [3.63, 3.8) is 0 Å². The Morgan fingerprint density at radius 3 is 2.00 bits per heavy atom. The van der Waals surface area contributed by atoms with Crippen LogP contribution in [0.15, 0.2) is 120 Å². The SMILES string of the molecule is Cc1c(-c2c3ccc4cc(-n5c6ccccc6c6ccccc65)ccc4c3cc[n+]2C)oc2ccccc12. The van der Waals surface area contributed by atoms with Crippen molar-refractivity contribution < 1.29 is 8.98 Å². The summed E-state index contributed by atoms with van der Waals surface area (Å²) in [5, 5.41) is 8.59. The minimum Gasteiger partial charge on any atom is -0.449 e. The molecule has 0 bridgehead atoms. The highest BCUT2D eigenvalue weighted by molar-refractivity contribution is 6.12. The molecule has 180 valence electrons. The van der Waals surface area contributed by atoms with Crippen molar-refractivity contribution in [2.45, 2.75) is 6.92 Å². The number of para-hydroxylation sites is 3. The number of hydrogen-bond acceptors (Lipinski definition) is 1. The highest BCUT2D eigenvalue weighted by Crippen LogP contribution is 2.38. The van der Waals surface area contributed by atoms with Crippen LogP contribution in [0.1, 0.15) is 5.56 Å². The number of pyridine rings is 1. The van der Waals surface area contributed by atoms with Crippen LogP contribution in [0.3, 0.4) is 0 Å². The average molecular weight is 490 g/mol. The number of benzene rings is 5. The van der Waals surface area contributed by atoms with Gasteiger partial charge < -0.3 is 8.98 Å². The van der Waals surface area contributed by atoms with Crippen molar-refractivity contribution in [2.75, 3.05) is 0 Å². The normalized spacial score (nSPS) is 11.9. The lowest BCUT2D eigenvalue weighted by molar-refractivity contribution is -0.659. The molecule has 0 saturated carbocycles. The number of aryl methyl sites for hydroxylation is 2. The number of hydrogen-bond donors (Lipinski definition) is 0. The van der Waals surface area contributed by atoms with Crippen molar-refractivity contribution in [1.29, 1.82) is 0 Å². The van der Waals surface area contributed by atoms with E-state index in [1.165, 1.54) is 54.6 Å². The first-order valence-electron chi connectivity index (χ1n) is 13.0. The Morgan fingerprint density at radius 2 is 1.26 bits per heavy atom. The number of fused-ring (bicyclic) bond motifs is 7. The molecule has 0 atom stereocenters. The molecule has 3 aromatic heterocycles. The van der Waals surface area contributed by atoms with Gasteiger partial charge in [-0.2, -0.15) is 4.57 Å². The molecule has 3 heteroatoms. The van der Waals surface area contributed by atoms with Crippen LogP contribution >= 0.6 is 0 Å². The summed E-state index contributed by atoms with van der Waals surface area (Å²) in [5.74, 6) is 0.931. The molecule has 0 radical (unpaired) electrons. The summed E-state index contributed by atoms with van der Waals surface area (Å²) in [4.78, 5) is 0. The molecule has 8 aromatic rings. The Kier molecular flexibility index (Phi) is 4.36. The van der Waals surface area contributed by atoms with Crippen LogP contribution in [-0.4, -0.2) is 4.57 Å². The van der Waals surface area contributed by atoms with E-state index >= 15 is 0 Å². The monoisotopic (exact) mass is 489 g/mol. The lowest BCUT2D eigenvalue weighted by Gasteiger charge is -2.11. The highest BCUT2D eigenvalue weighted by atomic mass is 16.3. The Bertz CT molecular complexity index is 2160. The predicted molar refractivity (Wildman–Crippen MR) is 157 cm³/mol. The number of aromatic nitrogens is 2.